The van der Waals surface area contributed by atoms with Crippen LogP contribution in [0.3, 0.4) is 0 Å². The van der Waals surface area contributed by atoms with Gasteiger partial charge in [-0.3, -0.25) is 9.79 Å². The van der Waals surface area contributed by atoms with E-state index in [0.717, 1.165) is 38.5 Å². The van der Waals surface area contributed by atoms with E-state index in [1.54, 1.807) is 55.7 Å². The smallest absolute Gasteiger partial charge is 0.214 e. The number of aliphatic imine (C=N–C) groups is 2. The first-order valence-electron chi connectivity index (χ1n) is 29.0. The van der Waals surface area contributed by atoms with Gasteiger partial charge in [0.05, 0.1) is 73.2 Å². The first-order valence-corrected chi connectivity index (χ1v) is 29.0. The van der Waals surface area contributed by atoms with Crippen molar-refractivity contribution in [3.8, 4) is 0 Å². The Kier molecular flexibility index (Phi) is 46.3. The van der Waals surface area contributed by atoms with Crippen molar-refractivity contribution in [2.24, 2.45) is 33.5 Å². The summed E-state index contributed by atoms with van der Waals surface area (Å²) in [4.78, 5) is 21.1. The lowest BCUT2D eigenvalue weighted by atomic mass is 9.88. The van der Waals surface area contributed by atoms with E-state index in [4.69, 9.17) is 5.73 Å². The normalized spacial score (nSPS) is 19.3. The minimum absolute atomic E-state index is 0.0104. The Bertz CT molecular complexity index is 1970. The van der Waals surface area contributed by atoms with Crippen LogP contribution in [0.5, 0.6) is 0 Å². The number of nitrogens with zero attached hydrogens (tertiary/aromatic N) is 2. The van der Waals surface area contributed by atoms with Crippen LogP contribution in [0.4, 0.5) is 0 Å². The highest BCUT2D eigenvalue weighted by Crippen LogP contribution is 2.20. The van der Waals surface area contributed by atoms with Crippen LogP contribution in [0, 0.1) is 17.8 Å². The molecule has 15 unspecified atom stereocenters. The average molecular weight is 1120 g/mol. The first kappa shape index (κ1) is 75.5. The van der Waals surface area contributed by atoms with E-state index in [1.165, 1.54) is 30.4 Å². The van der Waals surface area contributed by atoms with Crippen LogP contribution in [-0.2, 0) is 4.79 Å². The third kappa shape index (κ3) is 43.2. The van der Waals surface area contributed by atoms with Crippen molar-refractivity contribution in [1.29, 1.82) is 0 Å². The molecule has 0 aromatic heterocycles. The Morgan fingerprint density at radius 1 is 0.500 bits per heavy atom. The maximum atomic E-state index is 12.8. The number of unbranched alkanes of at least 4 members (excludes halogenated alkanes) is 4. The molecule has 0 aliphatic rings. The van der Waals surface area contributed by atoms with Gasteiger partial charge in [0, 0.05) is 56.2 Å². The molecular formula is C64H105N3O13. The molecule has 0 amide bonds. The van der Waals surface area contributed by atoms with Gasteiger partial charge in [-0.25, -0.2) is 4.99 Å². The van der Waals surface area contributed by atoms with Gasteiger partial charge in [0.25, 0.3) is 0 Å². The maximum Gasteiger partial charge on any atom is 0.214 e. The molecule has 80 heavy (non-hydrogen) atoms. The monoisotopic (exact) mass is 1120 g/mol. The summed E-state index contributed by atoms with van der Waals surface area (Å²) >= 11 is 0. The van der Waals surface area contributed by atoms with Gasteiger partial charge in [0.2, 0.25) is 5.96 Å². The van der Waals surface area contributed by atoms with Crippen LogP contribution in [0.2, 0.25) is 0 Å². The second kappa shape index (κ2) is 49.1. The van der Waals surface area contributed by atoms with Crippen molar-refractivity contribution in [3.05, 3.63) is 134 Å². The summed E-state index contributed by atoms with van der Waals surface area (Å²) in [6, 6.07) is 0. The summed E-state index contributed by atoms with van der Waals surface area (Å²) in [5.74, 6) is -1.28. The summed E-state index contributed by atoms with van der Waals surface area (Å²) in [5.41, 5.74) is 5.78. The Hall–Kier alpha value is -4.53. The SMILES string of the molecule is C/C=C/CC/C=C/C(C)C(O)C(C)C(O)/C=C/C=C/C=C/C=C/C=C/C=C/CC(O)C(C)C(=O)CC(O)CC(O)/C=C/CC(O)CC(O)CC(O)/C=C/CC(O)CC(O)/C=C/CC(O)CC(O)CCCN=C(N)/N=C/CCCCC. The van der Waals surface area contributed by atoms with Gasteiger partial charge in [0.15, 0.2) is 0 Å². The molecule has 0 aliphatic heterocycles. The molecule has 0 aromatic rings. The van der Waals surface area contributed by atoms with Gasteiger partial charge in [-0.15, -0.1) is 0 Å². The molecule has 16 nitrogen and oxygen atoms in total. The number of aliphatic hydroxyl groups is 12. The van der Waals surface area contributed by atoms with Gasteiger partial charge in [-0.1, -0.05) is 174 Å². The predicted molar refractivity (Wildman–Crippen MR) is 325 cm³/mol. The number of hydrogen-bond donors (Lipinski definition) is 13. The summed E-state index contributed by atoms with van der Waals surface area (Å²) in [5, 5.41) is 125. The molecule has 0 aliphatic carbocycles. The first-order chi connectivity index (χ1) is 38.2. The number of hydrogen-bond acceptors (Lipinski definition) is 14. The van der Waals surface area contributed by atoms with E-state index in [1.807, 2.05) is 69.4 Å². The van der Waals surface area contributed by atoms with E-state index in [2.05, 4.69) is 29.1 Å². The van der Waals surface area contributed by atoms with Crippen molar-refractivity contribution >= 4 is 18.0 Å². The molecule has 15 atom stereocenters. The summed E-state index contributed by atoms with van der Waals surface area (Å²) in [6.07, 6.45) is 36.4. The molecule has 0 fully saturated rings. The number of aliphatic hydroxyl groups excluding tert-OH is 12. The molecule has 16 heteroatoms. The molecule has 454 valence electrons. The molecule has 0 radical (unpaired) electrons. The molecule has 0 spiro atoms. The molecule has 0 saturated carbocycles. The zero-order valence-corrected chi connectivity index (χ0v) is 48.6. The second-order valence-electron chi connectivity index (χ2n) is 20.9. The quantitative estimate of drug-likeness (QED) is 0.00932. The standard InChI is InChI=1S/C64H105N3O13/c1-6-8-10-19-22-30-48(3)63(80)50(5)61(78)39-24-21-18-16-14-12-13-15-17-20-23-38-60(77)49(4)62(79)47-59(76)46-56(73)36-28-35-55(72)45-58(75)44-54(71)34-27-33-52(69)42-51(68)31-26-32-53(70)43-57(74)37-29-41-67-64(65)66-40-25-11-9-7-2/h6,8,12-18,20-24,26-28,30-31,34,36,39-40,48-61,63,68-78,80H,7,9-11,19,25,29,32-33,35,37-38,41-47H2,1-5H3,(H2,65,67)/b8-6+,13-12+,16-14+,17-15+,21-18+,23-20+,30-22+,31-26+,34-27+,36-28+,39-24+,66-40+. The Morgan fingerprint density at radius 3 is 1.56 bits per heavy atom. The number of carbonyl (C=O) groups excluding carboxylic acids is 1. The van der Waals surface area contributed by atoms with Gasteiger partial charge >= 0.3 is 0 Å². The Balaban J connectivity index is 4.45. The lowest BCUT2D eigenvalue weighted by Crippen LogP contribution is -2.32. The summed E-state index contributed by atoms with van der Waals surface area (Å²) in [6.45, 7) is 9.91. The van der Waals surface area contributed by atoms with Crippen LogP contribution in [-0.4, -0.2) is 159 Å². The zero-order chi connectivity index (χ0) is 59.9. The molecule has 14 N–H and O–H groups in total. The molecule has 0 heterocycles. The summed E-state index contributed by atoms with van der Waals surface area (Å²) in [7, 11) is 0. The van der Waals surface area contributed by atoms with Crippen LogP contribution < -0.4 is 5.73 Å². The van der Waals surface area contributed by atoms with E-state index >= 15 is 0 Å². The van der Waals surface area contributed by atoms with Gasteiger partial charge < -0.3 is 67.0 Å². The highest BCUT2D eigenvalue weighted by molar-refractivity contribution is 5.86. The minimum atomic E-state index is -1.16. The second-order valence-corrected chi connectivity index (χ2v) is 20.9. The third-order valence-electron chi connectivity index (χ3n) is 13.2. The van der Waals surface area contributed by atoms with E-state index in [0.29, 0.717) is 19.4 Å². The molecule has 0 bridgehead atoms. The molecule has 0 rings (SSSR count). The van der Waals surface area contributed by atoms with Crippen LogP contribution >= 0.6 is 0 Å². The van der Waals surface area contributed by atoms with Gasteiger partial charge in [0.1, 0.15) is 5.78 Å². The lowest BCUT2D eigenvalue weighted by Gasteiger charge is -2.25. The lowest BCUT2D eigenvalue weighted by molar-refractivity contribution is -0.127. The fourth-order valence-corrected chi connectivity index (χ4v) is 8.13. The van der Waals surface area contributed by atoms with Crippen molar-refractivity contribution < 1.29 is 66.1 Å². The van der Waals surface area contributed by atoms with Crippen LogP contribution in [0.25, 0.3) is 0 Å². The van der Waals surface area contributed by atoms with Crippen LogP contribution in [0.15, 0.2) is 144 Å². The van der Waals surface area contributed by atoms with Gasteiger partial charge in [-0.05, 0) is 84.0 Å². The molecule has 0 aromatic carbocycles. The van der Waals surface area contributed by atoms with Crippen LogP contribution in [0.1, 0.15) is 150 Å². The highest BCUT2D eigenvalue weighted by Gasteiger charge is 2.25. The number of rotatable bonds is 46. The number of allylic oxidation sites excluding steroid dienone is 13. The largest absolute Gasteiger partial charge is 0.393 e. The average Bonchev–Trinajstić information content (AvgIpc) is 3.39. The topological polar surface area (TPSA) is 311 Å². The third-order valence-corrected chi connectivity index (χ3v) is 13.2. The summed E-state index contributed by atoms with van der Waals surface area (Å²) < 4.78 is 0. The maximum absolute atomic E-state index is 12.8. The fourth-order valence-electron chi connectivity index (χ4n) is 8.13. The Labute approximate surface area is 479 Å². The molecular weight excluding hydrogens is 1020 g/mol. The number of Topliss-reactive ketones (excluding diaryl/α,β-unsaturated/α-hetero) is 1. The van der Waals surface area contributed by atoms with E-state index in [-0.39, 0.29) is 87.8 Å². The molecule has 0 saturated heterocycles. The minimum Gasteiger partial charge on any atom is -0.393 e. The zero-order valence-electron chi connectivity index (χ0n) is 48.6. The predicted octanol–water partition coefficient (Wildman–Crippen LogP) is 7.36. The van der Waals surface area contributed by atoms with Gasteiger partial charge in [-0.2, -0.15) is 0 Å². The fraction of sp³-hybridized carbons (Fsp3) is 0.609. The van der Waals surface area contributed by atoms with Crippen molar-refractivity contribution in [2.45, 2.75) is 223 Å². The highest BCUT2D eigenvalue weighted by atomic mass is 16.3. The number of guanidine groups is 1. The number of nitrogens with two attached hydrogens (primary N) is 1. The van der Waals surface area contributed by atoms with E-state index in [9.17, 15) is 66.1 Å². The number of carbonyl (C=O) groups is 1. The van der Waals surface area contributed by atoms with E-state index < -0.39 is 79.2 Å². The van der Waals surface area contributed by atoms with Crippen molar-refractivity contribution in [1.82, 2.24) is 0 Å². The Morgan fingerprint density at radius 2 is 1.00 bits per heavy atom. The van der Waals surface area contributed by atoms with Crippen molar-refractivity contribution in [2.75, 3.05) is 6.54 Å². The number of ketones is 1. The van der Waals surface area contributed by atoms with Crippen molar-refractivity contribution in [3.63, 3.8) is 0 Å².